The van der Waals surface area contributed by atoms with Gasteiger partial charge < -0.3 is 4.84 Å². The summed E-state index contributed by atoms with van der Waals surface area (Å²) in [7, 11) is 0. The van der Waals surface area contributed by atoms with Crippen LogP contribution in [0.3, 0.4) is 0 Å². The highest BCUT2D eigenvalue weighted by Crippen LogP contribution is 2.28. The Balaban J connectivity index is 2.10. The fourth-order valence-electron chi connectivity index (χ4n) is 1.72. The minimum absolute atomic E-state index is 0.194. The third-order valence-corrected chi connectivity index (χ3v) is 4.97. The molecule has 0 saturated heterocycles. The van der Waals surface area contributed by atoms with Crippen molar-refractivity contribution < 1.29 is 18.0 Å². The van der Waals surface area contributed by atoms with Crippen LogP contribution in [-0.4, -0.2) is 23.1 Å². The Morgan fingerprint density at radius 1 is 1.25 bits per heavy atom. The van der Waals surface area contributed by atoms with Crippen molar-refractivity contribution in [3.8, 4) is 0 Å². The third kappa shape index (κ3) is 5.38. The Kier molecular flexibility index (Phi) is 7.33. The van der Waals surface area contributed by atoms with Crippen LogP contribution in [0.1, 0.15) is 23.8 Å². The molecule has 0 fully saturated rings. The van der Waals surface area contributed by atoms with Crippen LogP contribution in [0.5, 0.6) is 0 Å². The number of benzene rings is 1. The Morgan fingerprint density at radius 2 is 2.00 bits per heavy atom. The number of thiazole rings is 1. The van der Waals surface area contributed by atoms with Gasteiger partial charge in [0.25, 0.3) is 0 Å². The molecule has 128 valence electrons. The summed E-state index contributed by atoms with van der Waals surface area (Å²) in [6, 6.07) is 9.52. The maximum Gasteiger partial charge on any atom is 0.301 e. The van der Waals surface area contributed by atoms with Gasteiger partial charge >= 0.3 is 6.08 Å². The average Bonchev–Trinajstić information content (AvgIpc) is 3.04. The van der Waals surface area contributed by atoms with Gasteiger partial charge in [-0.05, 0) is 6.92 Å². The van der Waals surface area contributed by atoms with E-state index in [1.54, 1.807) is 6.20 Å². The number of thioether (sulfide) groups is 1. The van der Waals surface area contributed by atoms with Crippen LogP contribution < -0.4 is 0 Å². The molecular weight excluding hydrogens is 357 g/mol. The lowest BCUT2D eigenvalue weighted by Gasteiger charge is -2.03. The molecule has 0 aliphatic rings. The summed E-state index contributed by atoms with van der Waals surface area (Å²) in [5.41, 5.74) is 1.54. The van der Waals surface area contributed by atoms with Gasteiger partial charge in [0.05, 0.1) is 4.88 Å². The van der Waals surface area contributed by atoms with Crippen LogP contribution >= 0.6 is 23.1 Å². The predicted octanol–water partition coefficient (Wildman–Crippen LogP) is 5.49. The predicted molar refractivity (Wildman–Crippen MR) is 91.5 cm³/mol. The van der Waals surface area contributed by atoms with Crippen LogP contribution in [0.4, 0.5) is 13.2 Å². The van der Waals surface area contributed by atoms with Gasteiger partial charge in [-0.1, -0.05) is 47.2 Å². The molecule has 0 amide bonds. The summed E-state index contributed by atoms with van der Waals surface area (Å²) < 4.78 is 37.5. The number of rotatable bonds is 8. The van der Waals surface area contributed by atoms with E-state index in [1.807, 2.05) is 37.3 Å². The first kappa shape index (κ1) is 18.5. The maximum absolute atomic E-state index is 12.8. The molecule has 0 saturated carbocycles. The van der Waals surface area contributed by atoms with Crippen molar-refractivity contribution in [2.75, 3.05) is 12.4 Å². The summed E-state index contributed by atoms with van der Waals surface area (Å²) in [5, 5.41) is 4.14. The topological polar surface area (TPSA) is 34.5 Å². The SMILES string of the molecule is CCO/N=C(\c1ccccc1)c1cnc(SCCC(F)=C(F)F)s1. The first-order chi connectivity index (χ1) is 11.6. The molecule has 1 heterocycles. The quantitative estimate of drug-likeness (QED) is 0.349. The van der Waals surface area contributed by atoms with Crippen molar-refractivity contribution in [1.82, 2.24) is 4.98 Å². The lowest BCUT2D eigenvalue weighted by molar-refractivity contribution is 0.159. The zero-order chi connectivity index (χ0) is 17.4. The minimum atomic E-state index is -2.26. The molecule has 0 aliphatic heterocycles. The van der Waals surface area contributed by atoms with E-state index in [2.05, 4.69) is 10.1 Å². The van der Waals surface area contributed by atoms with Crippen molar-refractivity contribution in [2.24, 2.45) is 5.16 Å². The summed E-state index contributed by atoms with van der Waals surface area (Å²) in [6.07, 6.45) is -0.925. The average molecular weight is 372 g/mol. The van der Waals surface area contributed by atoms with Gasteiger partial charge in [-0.15, -0.1) is 11.3 Å². The summed E-state index contributed by atoms with van der Waals surface area (Å²) in [6.45, 7) is 2.28. The van der Waals surface area contributed by atoms with E-state index in [4.69, 9.17) is 4.84 Å². The standard InChI is InChI=1S/C16H15F3N2OS2/c1-2-22-21-14(11-6-4-3-5-7-11)13-10-20-16(24-13)23-9-8-12(17)15(18)19/h3-7,10H,2,8-9H2,1H3/b21-14+. The molecule has 0 spiro atoms. The number of aromatic nitrogens is 1. The van der Waals surface area contributed by atoms with E-state index in [0.717, 1.165) is 10.4 Å². The smallest absolute Gasteiger partial charge is 0.301 e. The molecule has 2 aromatic rings. The molecule has 0 aliphatic carbocycles. The van der Waals surface area contributed by atoms with Gasteiger partial charge in [0.1, 0.15) is 16.7 Å². The van der Waals surface area contributed by atoms with Gasteiger partial charge in [-0.2, -0.15) is 8.78 Å². The second-order valence-electron chi connectivity index (χ2n) is 4.48. The first-order valence-corrected chi connectivity index (χ1v) is 8.96. The number of oxime groups is 1. The molecule has 1 aromatic carbocycles. The van der Waals surface area contributed by atoms with Crippen molar-refractivity contribution >= 4 is 28.8 Å². The van der Waals surface area contributed by atoms with Crippen LogP contribution in [0.25, 0.3) is 0 Å². The monoisotopic (exact) mass is 372 g/mol. The Hall–Kier alpha value is -1.80. The van der Waals surface area contributed by atoms with Crippen LogP contribution in [0.15, 0.2) is 57.9 Å². The van der Waals surface area contributed by atoms with Gasteiger partial charge in [0, 0.05) is 23.9 Å². The first-order valence-electron chi connectivity index (χ1n) is 7.15. The van der Waals surface area contributed by atoms with E-state index in [9.17, 15) is 13.2 Å². The number of hydrogen-bond acceptors (Lipinski definition) is 5. The third-order valence-electron chi connectivity index (χ3n) is 2.80. The van der Waals surface area contributed by atoms with Crippen molar-refractivity contribution in [3.63, 3.8) is 0 Å². The summed E-state index contributed by atoms with van der Waals surface area (Å²) in [4.78, 5) is 10.2. The zero-order valence-electron chi connectivity index (χ0n) is 12.8. The summed E-state index contributed by atoms with van der Waals surface area (Å²) >= 11 is 2.59. The van der Waals surface area contributed by atoms with E-state index in [0.29, 0.717) is 16.7 Å². The van der Waals surface area contributed by atoms with E-state index in [1.165, 1.54) is 23.1 Å². The fraction of sp³-hybridized carbons (Fsp3) is 0.250. The molecular formula is C16H15F3N2OS2. The second-order valence-corrected chi connectivity index (χ2v) is 6.85. The normalized spacial score (nSPS) is 11.4. The molecule has 3 nitrogen and oxygen atoms in total. The second kappa shape index (κ2) is 9.48. The number of hydrogen-bond donors (Lipinski definition) is 0. The Bertz CT molecular complexity index is 713. The Morgan fingerprint density at radius 3 is 2.67 bits per heavy atom. The molecule has 0 N–H and O–H groups in total. The lowest BCUT2D eigenvalue weighted by Crippen LogP contribution is -2.02. The number of halogens is 3. The molecule has 2 rings (SSSR count). The maximum atomic E-state index is 12.8. The van der Waals surface area contributed by atoms with Crippen molar-refractivity contribution in [2.45, 2.75) is 17.7 Å². The van der Waals surface area contributed by atoms with E-state index < -0.39 is 11.9 Å². The van der Waals surface area contributed by atoms with Crippen LogP contribution in [-0.2, 0) is 4.84 Å². The highest BCUT2D eigenvalue weighted by molar-refractivity contribution is 8.01. The fourth-order valence-corrected chi connectivity index (χ4v) is 3.71. The van der Waals surface area contributed by atoms with Crippen LogP contribution in [0.2, 0.25) is 0 Å². The molecule has 1 aromatic heterocycles. The highest BCUT2D eigenvalue weighted by atomic mass is 32.2. The molecule has 8 heteroatoms. The number of allylic oxidation sites excluding steroid dienone is 1. The minimum Gasteiger partial charge on any atom is -0.396 e. The molecule has 0 radical (unpaired) electrons. The summed E-state index contributed by atoms with van der Waals surface area (Å²) in [5.74, 6) is -1.18. The van der Waals surface area contributed by atoms with Crippen molar-refractivity contribution in [1.29, 1.82) is 0 Å². The van der Waals surface area contributed by atoms with Gasteiger partial charge in [0.2, 0.25) is 0 Å². The van der Waals surface area contributed by atoms with E-state index >= 15 is 0 Å². The van der Waals surface area contributed by atoms with Gasteiger partial charge in [0.15, 0.2) is 5.83 Å². The lowest BCUT2D eigenvalue weighted by atomic mass is 10.1. The molecule has 0 unspecified atom stereocenters. The van der Waals surface area contributed by atoms with Crippen LogP contribution in [0, 0.1) is 0 Å². The van der Waals surface area contributed by atoms with E-state index in [-0.39, 0.29) is 12.2 Å². The highest BCUT2D eigenvalue weighted by Gasteiger charge is 2.13. The van der Waals surface area contributed by atoms with Gasteiger partial charge in [-0.25, -0.2) is 9.37 Å². The zero-order valence-corrected chi connectivity index (χ0v) is 14.5. The largest absolute Gasteiger partial charge is 0.396 e. The molecule has 24 heavy (non-hydrogen) atoms. The number of nitrogens with zero attached hydrogens (tertiary/aromatic N) is 2. The molecule has 0 atom stereocenters. The Labute approximate surface area is 146 Å². The van der Waals surface area contributed by atoms with Crippen molar-refractivity contribution in [3.05, 3.63) is 58.9 Å². The molecule has 0 bridgehead atoms. The van der Waals surface area contributed by atoms with Gasteiger partial charge in [-0.3, -0.25) is 0 Å².